The van der Waals surface area contributed by atoms with Crippen molar-refractivity contribution < 1.29 is 0 Å². The molecule has 1 unspecified atom stereocenters. The van der Waals surface area contributed by atoms with Gasteiger partial charge in [0.05, 0.1) is 5.69 Å². The molecule has 0 N–H and O–H groups in total. The first-order valence-electron chi connectivity index (χ1n) is 7.15. The fourth-order valence-corrected chi connectivity index (χ4v) is 2.85. The Morgan fingerprint density at radius 1 is 1.20 bits per heavy atom. The molecule has 1 aromatic heterocycles. The Hall–Kier alpha value is -1.19. The molecule has 2 nitrogen and oxygen atoms in total. The fourth-order valence-electron chi connectivity index (χ4n) is 2.58. The summed E-state index contributed by atoms with van der Waals surface area (Å²) in [5.41, 5.74) is 2.53. The van der Waals surface area contributed by atoms with E-state index in [1.807, 2.05) is 12.3 Å². The zero-order chi connectivity index (χ0) is 13.9. The molecule has 0 amide bonds. The topological polar surface area (TPSA) is 16.1 Å². The van der Waals surface area contributed by atoms with Gasteiger partial charge in [-0.1, -0.05) is 34.1 Å². The van der Waals surface area contributed by atoms with Crippen molar-refractivity contribution in [3.63, 3.8) is 0 Å². The van der Waals surface area contributed by atoms with E-state index >= 15 is 0 Å². The van der Waals surface area contributed by atoms with Gasteiger partial charge < -0.3 is 0 Å². The Morgan fingerprint density at radius 2 is 1.95 bits per heavy atom. The highest BCUT2D eigenvalue weighted by atomic mass is 79.9. The molecular formula is C17H19BrN2. The number of rotatable bonds is 5. The van der Waals surface area contributed by atoms with Crippen molar-refractivity contribution in [1.29, 1.82) is 0 Å². The second-order valence-electron chi connectivity index (χ2n) is 5.46. The van der Waals surface area contributed by atoms with Crippen molar-refractivity contribution in [2.45, 2.75) is 38.4 Å². The summed E-state index contributed by atoms with van der Waals surface area (Å²) < 4.78 is 1.14. The van der Waals surface area contributed by atoms with E-state index in [2.05, 4.69) is 69.1 Å². The van der Waals surface area contributed by atoms with Crippen molar-refractivity contribution in [2.24, 2.45) is 0 Å². The van der Waals surface area contributed by atoms with Crippen LogP contribution >= 0.6 is 15.9 Å². The summed E-state index contributed by atoms with van der Waals surface area (Å²) in [7, 11) is 0. The van der Waals surface area contributed by atoms with Crippen LogP contribution in [0.25, 0.3) is 0 Å². The highest BCUT2D eigenvalue weighted by Crippen LogP contribution is 2.35. The second kappa shape index (κ2) is 6.06. The summed E-state index contributed by atoms with van der Waals surface area (Å²) in [6.07, 6.45) is 4.51. The quantitative estimate of drug-likeness (QED) is 0.798. The van der Waals surface area contributed by atoms with Crippen molar-refractivity contribution in [2.75, 3.05) is 0 Å². The maximum absolute atomic E-state index is 4.52. The molecule has 3 heteroatoms. The number of halogens is 1. The predicted molar refractivity (Wildman–Crippen MR) is 85.4 cm³/mol. The van der Waals surface area contributed by atoms with E-state index in [1.54, 1.807) is 0 Å². The number of hydrogen-bond donors (Lipinski definition) is 0. The molecule has 1 aliphatic rings. The number of pyridine rings is 1. The maximum atomic E-state index is 4.52. The van der Waals surface area contributed by atoms with E-state index < -0.39 is 0 Å². The van der Waals surface area contributed by atoms with Crippen LogP contribution in [-0.4, -0.2) is 15.9 Å². The normalized spacial score (nSPS) is 16.4. The van der Waals surface area contributed by atoms with E-state index in [0.29, 0.717) is 6.04 Å². The van der Waals surface area contributed by atoms with Crippen LogP contribution in [0.15, 0.2) is 53.1 Å². The Kier molecular flexibility index (Phi) is 4.18. The van der Waals surface area contributed by atoms with Gasteiger partial charge in [-0.3, -0.25) is 9.88 Å². The van der Waals surface area contributed by atoms with Crippen LogP contribution in [0.4, 0.5) is 0 Å². The average molecular weight is 331 g/mol. The molecule has 0 bridgehead atoms. The van der Waals surface area contributed by atoms with Gasteiger partial charge in [0.2, 0.25) is 0 Å². The summed E-state index contributed by atoms with van der Waals surface area (Å²) in [6.45, 7) is 3.26. The SMILES string of the molecule is CC(c1ccccn1)N(Cc1ccc(Br)cc1)C1CC1. The molecule has 104 valence electrons. The van der Waals surface area contributed by atoms with Gasteiger partial charge in [-0.05, 0) is 49.6 Å². The van der Waals surface area contributed by atoms with Gasteiger partial charge in [0.25, 0.3) is 0 Å². The van der Waals surface area contributed by atoms with Gasteiger partial charge in [0.15, 0.2) is 0 Å². The minimum atomic E-state index is 0.368. The molecule has 20 heavy (non-hydrogen) atoms. The first-order valence-corrected chi connectivity index (χ1v) is 7.94. The standard InChI is InChI=1S/C17H19BrN2/c1-13(17-4-2-3-11-19-17)20(16-9-10-16)12-14-5-7-15(18)8-6-14/h2-8,11,13,16H,9-10,12H2,1H3. The van der Waals surface area contributed by atoms with Gasteiger partial charge >= 0.3 is 0 Å². The summed E-state index contributed by atoms with van der Waals surface area (Å²) in [6, 6.07) is 15.9. The molecule has 0 saturated heterocycles. The van der Waals surface area contributed by atoms with E-state index in [4.69, 9.17) is 0 Å². The fraction of sp³-hybridized carbons (Fsp3) is 0.353. The van der Waals surface area contributed by atoms with E-state index in [-0.39, 0.29) is 0 Å². The van der Waals surface area contributed by atoms with Crippen LogP contribution in [0.3, 0.4) is 0 Å². The molecule has 1 saturated carbocycles. The Morgan fingerprint density at radius 3 is 2.55 bits per heavy atom. The molecule has 1 atom stereocenters. The smallest absolute Gasteiger partial charge is 0.0572 e. The number of aromatic nitrogens is 1. The van der Waals surface area contributed by atoms with Gasteiger partial charge in [-0.2, -0.15) is 0 Å². The lowest BCUT2D eigenvalue weighted by atomic mass is 10.1. The largest absolute Gasteiger partial charge is 0.288 e. The molecule has 0 radical (unpaired) electrons. The lowest BCUT2D eigenvalue weighted by molar-refractivity contribution is 0.187. The van der Waals surface area contributed by atoms with Crippen molar-refractivity contribution >= 4 is 15.9 Å². The second-order valence-corrected chi connectivity index (χ2v) is 6.38. The molecule has 1 aromatic carbocycles. The molecule has 3 rings (SSSR count). The number of nitrogens with zero attached hydrogens (tertiary/aromatic N) is 2. The van der Waals surface area contributed by atoms with Crippen LogP contribution in [0.5, 0.6) is 0 Å². The molecule has 0 aliphatic heterocycles. The molecule has 1 heterocycles. The van der Waals surface area contributed by atoms with Crippen molar-refractivity contribution in [1.82, 2.24) is 9.88 Å². The van der Waals surface area contributed by atoms with Crippen LogP contribution in [-0.2, 0) is 6.54 Å². The summed E-state index contributed by atoms with van der Waals surface area (Å²) in [5.74, 6) is 0. The first kappa shape index (κ1) is 13.8. The molecule has 0 spiro atoms. The molecule has 2 aromatic rings. The van der Waals surface area contributed by atoms with Crippen molar-refractivity contribution in [3.05, 3.63) is 64.4 Å². The summed E-state index contributed by atoms with van der Waals surface area (Å²) >= 11 is 3.49. The third-order valence-electron chi connectivity index (χ3n) is 3.91. The Labute approximate surface area is 129 Å². The minimum Gasteiger partial charge on any atom is -0.288 e. The molecule has 1 aliphatic carbocycles. The van der Waals surface area contributed by atoms with Crippen LogP contribution in [0.2, 0.25) is 0 Å². The Bertz CT molecular complexity index is 549. The van der Waals surface area contributed by atoms with E-state index in [0.717, 1.165) is 22.8 Å². The van der Waals surface area contributed by atoms with Crippen molar-refractivity contribution in [3.8, 4) is 0 Å². The highest BCUT2D eigenvalue weighted by molar-refractivity contribution is 9.10. The zero-order valence-electron chi connectivity index (χ0n) is 11.7. The lowest BCUT2D eigenvalue weighted by Crippen LogP contribution is -2.29. The third kappa shape index (κ3) is 3.28. The summed E-state index contributed by atoms with van der Waals surface area (Å²) in [5, 5.41) is 0. The zero-order valence-corrected chi connectivity index (χ0v) is 13.3. The Balaban J connectivity index is 1.77. The molecular weight excluding hydrogens is 312 g/mol. The van der Waals surface area contributed by atoms with Crippen LogP contribution in [0, 0.1) is 0 Å². The van der Waals surface area contributed by atoms with Crippen LogP contribution in [0.1, 0.15) is 37.1 Å². The average Bonchev–Trinajstić information content (AvgIpc) is 3.31. The van der Waals surface area contributed by atoms with Gasteiger partial charge in [-0.15, -0.1) is 0 Å². The summed E-state index contributed by atoms with van der Waals surface area (Å²) in [4.78, 5) is 7.09. The monoisotopic (exact) mass is 330 g/mol. The third-order valence-corrected chi connectivity index (χ3v) is 4.44. The van der Waals surface area contributed by atoms with Crippen LogP contribution < -0.4 is 0 Å². The predicted octanol–water partition coefficient (Wildman–Crippen LogP) is 4.57. The van der Waals surface area contributed by atoms with Gasteiger partial charge in [-0.25, -0.2) is 0 Å². The van der Waals surface area contributed by atoms with Gasteiger partial charge in [0, 0.05) is 29.3 Å². The maximum Gasteiger partial charge on any atom is 0.0572 e. The molecule has 1 fully saturated rings. The first-order chi connectivity index (χ1) is 9.74. The highest BCUT2D eigenvalue weighted by Gasteiger charge is 2.33. The number of hydrogen-bond acceptors (Lipinski definition) is 2. The van der Waals surface area contributed by atoms with Gasteiger partial charge in [0.1, 0.15) is 0 Å². The lowest BCUT2D eigenvalue weighted by Gasteiger charge is -2.29. The van der Waals surface area contributed by atoms with E-state index in [1.165, 1.54) is 18.4 Å². The number of benzene rings is 1. The minimum absolute atomic E-state index is 0.368. The van der Waals surface area contributed by atoms with E-state index in [9.17, 15) is 0 Å².